The number of carbonyl (C=O) groups is 2. The zero-order valence-electron chi connectivity index (χ0n) is 22.6. The van der Waals surface area contributed by atoms with Crippen LogP contribution in [0.5, 0.6) is 0 Å². The largest absolute Gasteiger partial charge is 0.364 e. The summed E-state index contributed by atoms with van der Waals surface area (Å²) in [6, 6.07) is 15.5. The number of hydrogen-bond acceptors (Lipinski definition) is 4. The Hall–Kier alpha value is -3.54. The number of carbonyl (C=O) groups excluding carboxylic acids is 2. The highest BCUT2D eigenvalue weighted by Crippen LogP contribution is 2.64. The molecule has 0 aliphatic carbocycles. The van der Waals surface area contributed by atoms with Gasteiger partial charge in [0.15, 0.2) is 0 Å². The molecule has 0 unspecified atom stereocenters. The molecule has 5 heterocycles. The number of piperazine rings is 1. The first-order valence-corrected chi connectivity index (χ1v) is 13.7. The topological polar surface area (TPSA) is 64.7 Å². The predicted octanol–water partition coefficient (Wildman–Crippen LogP) is 5.01. The van der Waals surface area contributed by atoms with Crippen molar-refractivity contribution >= 4 is 23.2 Å². The van der Waals surface area contributed by atoms with Gasteiger partial charge in [-0.3, -0.25) is 9.59 Å². The number of allylic oxidation sites excluding steroid dienone is 2. The number of amides is 2. The zero-order chi connectivity index (χ0) is 26.8. The molecule has 0 radical (unpaired) electrons. The number of anilines is 2. The van der Waals surface area contributed by atoms with Gasteiger partial charge in [-0.1, -0.05) is 76.2 Å². The molecular formula is C32H36N4O2. The maximum atomic E-state index is 14.6. The Balaban J connectivity index is 1.38. The van der Waals surface area contributed by atoms with E-state index >= 15 is 0 Å². The molecule has 0 spiro atoms. The normalized spacial score (nSPS) is 34.4. The van der Waals surface area contributed by atoms with E-state index in [1.54, 1.807) is 0 Å². The van der Waals surface area contributed by atoms with Crippen LogP contribution in [0.15, 0.2) is 73.8 Å². The molecule has 2 aromatic carbocycles. The summed E-state index contributed by atoms with van der Waals surface area (Å²) < 4.78 is 0. The van der Waals surface area contributed by atoms with Crippen LogP contribution in [-0.2, 0) is 20.4 Å². The molecule has 2 aromatic rings. The number of rotatable bonds is 4. The van der Waals surface area contributed by atoms with Gasteiger partial charge in [0.05, 0.1) is 0 Å². The maximum Gasteiger partial charge on any atom is 0.247 e. The van der Waals surface area contributed by atoms with Gasteiger partial charge in [-0.2, -0.15) is 0 Å². The van der Waals surface area contributed by atoms with Crippen molar-refractivity contribution < 1.29 is 9.59 Å². The molecule has 3 fully saturated rings. The number of para-hydroxylation sites is 2. The molecule has 7 rings (SSSR count). The summed E-state index contributed by atoms with van der Waals surface area (Å²) in [6.45, 7) is 17.1. The number of nitrogens with zero attached hydrogens (tertiary/aromatic N) is 2. The van der Waals surface area contributed by atoms with Gasteiger partial charge in [0.25, 0.3) is 0 Å². The van der Waals surface area contributed by atoms with Gasteiger partial charge >= 0.3 is 0 Å². The van der Waals surface area contributed by atoms with E-state index in [-0.39, 0.29) is 35.0 Å². The lowest BCUT2D eigenvalue weighted by Gasteiger charge is -2.45. The minimum absolute atomic E-state index is 0.0366. The Bertz CT molecular complexity index is 1320. The smallest absolute Gasteiger partial charge is 0.247 e. The van der Waals surface area contributed by atoms with E-state index in [1.165, 1.54) is 11.1 Å². The molecule has 0 bridgehead atoms. The number of nitrogens with one attached hydrogen (secondary N) is 2. The van der Waals surface area contributed by atoms with Crippen molar-refractivity contribution in [2.75, 3.05) is 10.6 Å². The molecule has 0 saturated carbocycles. The summed E-state index contributed by atoms with van der Waals surface area (Å²) in [5.41, 5.74) is 2.80. The van der Waals surface area contributed by atoms with Crippen LogP contribution in [0, 0.1) is 10.8 Å². The van der Waals surface area contributed by atoms with E-state index < -0.39 is 22.9 Å². The van der Waals surface area contributed by atoms with E-state index in [4.69, 9.17) is 0 Å². The maximum absolute atomic E-state index is 14.6. The first-order valence-electron chi connectivity index (χ1n) is 13.7. The molecular weight excluding hydrogens is 472 g/mol. The van der Waals surface area contributed by atoms with Gasteiger partial charge < -0.3 is 20.4 Å². The Kier molecular flexibility index (Phi) is 4.40. The highest BCUT2D eigenvalue weighted by atomic mass is 16.2. The van der Waals surface area contributed by atoms with Crippen LogP contribution in [0.1, 0.15) is 51.7 Å². The first kappa shape index (κ1) is 23.6. The summed E-state index contributed by atoms with van der Waals surface area (Å²) in [7, 11) is 0. The molecule has 2 amide bonds. The molecule has 196 valence electrons. The minimum atomic E-state index is -0.531. The zero-order valence-corrected chi connectivity index (χ0v) is 22.6. The third kappa shape index (κ3) is 2.37. The molecule has 6 nitrogen and oxygen atoms in total. The van der Waals surface area contributed by atoms with E-state index in [1.807, 2.05) is 46.2 Å². The molecule has 0 aromatic heterocycles. The monoisotopic (exact) mass is 508 g/mol. The molecule has 2 N–H and O–H groups in total. The van der Waals surface area contributed by atoms with Crippen LogP contribution in [0.2, 0.25) is 0 Å². The van der Waals surface area contributed by atoms with Crippen LogP contribution in [-0.4, -0.2) is 46.0 Å². The van der Waals surface area contributed by atoms with Gasteiger partial charge in [-0.05, 0) is 46.9 Å². The summed E-state index contributed by atoms with van der Waals surface area (Å²) in [5.74, 6) is 0.0733. The van der Waals surface area contributed by atoms with Gasteiger partial charge in [0.2, 0.25) is 11.8 Å². The Morgan fingerprint density at radius 1 is 0.737 bits per heavy atom. The average Bonchev–Trinajstić information content (AvgIpc) is 3.62. The van der Waals surface area contributed by atoms with Crippen molar-refractivity contribution in [3.8, 4) is 0 Å². The van der Waals surface area contributed by atoms with Crippen molar-refractivity contribution in [3.05, 3.63) is 85.0 Å². The Morgan fingerprint density at radius 2 is 1.11 bits per heavy atom. The fourth-order valence-corrected chi connectivity index (χ4v) is 8.66. The standard InChI is InChI=1S/C32H36N4O2/c1-7-29(3,4)31-17-23-25(37)36-24(26(38)35(23)27(31)33-21-15-11-9-13-19(21)31)18-32(30(5,6)8-2)20-14-10-12-16-22(20)34-28(32)36/h7-16,23-24,27-28,33-34H,1-2,17-18H2,3-6H3/t23-,24+,27+,28-,31+,32-. The van der Waals surface area contributed by atoms with Crippen molar-refractivity contribution in [1.29, 1.82) is 0 Å². The van der Waals surface area contributed by atoms with Crippen LogP contribution in [0.25, 0.3) is 0 Å². The minimum Gasteiger partial charge on any atom is -0.364 e. The summed E-state index contributed by atoms with van der Waals surface area (Å²) in [4.78, 5) is 33.0. The second-order valence-electron chi connectivity index (χ2n) is 12.9. The van der Waals surface area contributed by atoms with E-state index in [2.05, 4.69) is 75.8 Å². The predicted molar refractivity (Wildman–Crippen MR) is 150 cm³/mol. The highest BCUT2D eigenvalue weighted by Gasteiger charge is 2.73. The second kappa shape index (κ2) is 7.10. The van der Waals surface area contributed by atoms with Crippen LogP contribution < -0.4 is 10.6 Å². The van der Waals surface area contributed by atoms with E-state index in [9.17, 15) is 9.59 Å². The Labute approximate surface area is 224 Å². The molecule has 6 heteroatoms. The first-order chi connectivity index (χ1) is 18.1. The summed E-state index contributed by atoms with van der Waals surface area (Å²) in [6.07, 6.45) is 4.50. The molecule has 5 aliphatic heterocycles. The van der Waals surface area contributed by atoms with Crippen LogP contribution in [0.4, 0.5) is 11.4 Å². The fraction of sp³-hybridized carbons (Fsp3) is 0.438. The SMILES string of the molecule is C=CC(C)(C)[C@]12C[C@@H]3C(=O)N4[C@H]5Nc6ccccc6[C@]5(C(C)(C)C=C)C[C@H]4C(=O)N3[C@@H]1Nc1ccccc12. The third-order valence-electron chi connectivity index (χ3n) is 11.0. The lowest BCUT2D eigenvalue weighted by atomic mass is 9.60. The van der Waals surface area contributed by atoms with Gasteiger partial charge in [0.1, 0.15) is 24.4 Å². The summed E-state index contributed by atoms with van der Waals surface area (Å²) >= 11 is 0. The lowest BCUT2D eigenvalue weighted by Crippen LogP contribution is -2.66. The molecule has 3 saturated heterocycles. The quantitative estimate of drug-likeness (QED) is 0.570. The molecule has 6 atom stereocenters. The highest BCUT2D eigenvalue weighted by molar-refractivity contribution is 6.00. The van der Waals surface area contributed by atoms with E-state index in [0.29, 0.717) is 12.8 Å². The second-order valence-corrected chi connectivity index (χ2v) is 12.9. The van der Waals surface area contributed by atoms with E-state index in [0.717, 1.165) is 11.4 Å². The third-order valence-corrected chi connectivity index (χ3v) is 11.0. The summed E-state index contributed by atoms with van der Waals surface area (Å²) in [5, 5.41) is 7.36. The van der Waals surface area contributed by atoms with Crippen molar-refractivity contribution in [1.82, 2.24) is 9.80 Å². The van der Waals surface area contributed by atoms with Gasteiger partial charge in [-0.25, -0.2) is 0 Å². The van der Waals surface area contributed by atoms with Gasteiger partial charge in [-0.15, -0.1) is 13.2 Å². The Morgan fingerprint density at radius 3 is 1.47 bits per heavy atom. The van der Waals surface area contributed by atoms with Gasteiger partial charge in [0, 0.05) is 22.2 Å². The lowest BCUT2D eigenvalue weighted by molar-refractivity contribution is -0.160. The molecule has 5 aliphatic rings. The number of benzene rings is 2. The van der Waals surface area contributed by atoms with Crippen LogP contribution in [0.3, 0.4) is 0 Å². The average molecular weight is 509 g/mol. The van der Waals surface area contributed by atoms with Crippen molar-refractivity contribution in [3.63, 3.8) is 0 Å². The fourth-order valence-electron chi connectivity index (χ4n) is 8.66. The van der Waals surface area contributed by atoms with Crippen molar-refractivity contribution in [2.24, 2.45) is 10.8 Å². The number of hydrogen-bond donors (Lipinski definition) is 2. The molecule has 38 heavy (non-hydrogen) atoms. The van der Waals surface area contributed by atoms with Crippen LogP contribution >= 0.6 is 0 Å². The number of fused-ring (bicyclic) bond motifs is 10. The van der Waals surface area contributed by atoms with Crippen molar-refractivity contribution in [2.45, 2.75) is 75.8 Å².